The van der Waals surface area contributed by atoms with Crippen molar-refractivity contribution in [3.05, 3.63) is 20.8 Å². The van der Waals surface area contributed by atoms with E-state index < -0.39 is 11.2 Å². The fourth-order valence-electron chi connectivity index (χ4n) is 2.04. The molecule has 0 bridgehead atoms. The first kappa shape index (κ1) is 12.8. The van der Waals surface area contributed by atoms with Gasteiger partial charge in [0.05, 0.1) is 6.61 Å². The molecule has 1 aromatic heterocycles. The molecule has 2 rings (SSSR count). The van der Waals surface area contributed by atoms with Crippen molar-refractivity contribution in [3.8, 4) is 5.88 Å². The molecule has 2 heterocycles. The van der Waals surface area contributed by atoms with Gasteiger partial charge in [-0.3, -0.25) is 9.36 Å². The average Bonchev–Trinajstić information content (AvgIpc) is 2.86. The van der Waals surface area contributed by atoms with Crippen LogP contribution in [0.1, 0.15) is 12.8 Å². The van der Waals surface area contributed by atoms with E-state index in [4.69, 9.17) is 4.74 Å². The normalized spacial score (nSPS) is 19.1. The molecule has 1 saturated heterocycles. The van der Waals surface area contributed by atoms with Crippen molar-refractivity contribution < 1.29 is 4.74 Å². The highest BCUT2D eigenvalue weighted by Gasteiger charge is 2.15. The molecule has 1 atom stereocenters. The van der Waals surface area contributed by atoms with Gasteiger partial charge in [-0.2, -0.15) is 0 Å². The third-order valence-electron chi connectivity index (χ3n) is 3.22. The van der Waals surface area contributed by atoms with Gasteiger partial charge < -0.3 is 10.1 Å². The SMILES string of the molecule is Cn1nc(OCCC2CCNC2)c(=O)n(C)c1=O. The van der Waals surface area contributed by atoms with E-state index in [-0.39, 0.29) is 5.88 Å². The average molecular weight is 254 g/mol. The van der Waals surface area contributed by atoms with Crippen LogP contribution in [-0.2, 0) is 14.1 Å². The maximum atomic E-state index is 11.7. The molecule has 1 aliphatic heterocycles. The number of nitrogens with one attached hydrogen (secondary N) is 1. The Kier molecular flexibility index (Phi) is 3.81. The molecule has 0 aromatic carbocycles. The summed E-state index contributed by atoms with van der Waals surface area (Å²) in [5, 5.41) is 7.11. The van der Waals surface area contributed by atoms with E-state index in [1.54, 1.807) is 0 Å². The van der Waals surface area contributed by atoms with Crippen molar-refractivity contribution in [3.63, 3.8) is 0 Å². The molecule has 1 N–H and O–H groups in total. The summed E-state index contributed by atoms with van der Waals surface area (Å²) in [6, 6.07) is 0. The first-order valence-electron chi connectivity index (χ1n) is 6.07. The van der Waals surface area contributed by atoms with Crippen molar-refractivity contribution in [2.75, 3.05) is 19.7 Å². The minimum absolute atomic E-state index is 0.00874. The van der Waals surface area contributed by atoms with Gasteiger partial charge in [-0.1, -0.05) is 0 Å². The molecular weight excluding hydrogens is 236 g/mol. The lowest BCUT2D eigenvalue weighted by Gasteiger charge is -2.10. The van der Waals surface area contributed by atoms with Gasteiger partial charge in [0.15, 0.2) is 0 Å². The van der Waals surface area contributed by atoms with Crippen molar-refractivity contribution in [2.45, 2.75) is 12.8 Å². The summed E-state index contributed by atoms with van der Waals surface area (Å²) in [5.74, 6) is 0.590. The number of rotatable bonds is 4. The fraction of sp³-hybridized carbons (Fsp3) is 0.727. The minimum atomic E-state index is -0.484. The predicted octanol–water partition coefficient (Wildman–Crippen LogP) is -1.14. The molecule has 7 nitrogen and oxygen atoms in total. The van der Waals surface area contributed by atoms with E-state index in [9.17, 15) is 9.59 Å². The van der Waals surface area contributed by atoms with Gasteiger partial charge in [0.1, 0.15) is 0 Å². The van der Waals surface area contributed by atoms with Crippen LogP contribution in [0.3, 0.4) is 0 Å². The maximum Gasteiger partial charge on any atom is 0.347 e. The van der Waals surface area contributed by atoms with E-state index in [0.717, 1.165) is 35.2 Å². The molecule has 0 spiro atoms. The van der Waals surface area contributed by atoms with Crippen LogP contribution in [0.4, 0.5) is 0 Å². The van der Waals surface area contributed by atoms with Gasteiger partial charge in [0.2, 0.25) is 0 Å². The molecule has 18 heavy (non-hydrogen) atoms. The highest BCUT2D eigenvalue weighted by molar-refractivity contribution is 5.01. The molecular formula is C11H18N4O3. The Hall–Kier alpha value is -1.63. The van der Waals surface area contributed by atoms with Gasteiger partial charge in [-0.25, -0.2) is 9.48 Å². The lowest BCUT2D eigenvalue weighted by Crippen LogP contribution is -2.39. The van der Waals surface area contributed by atoms with Crippen molar-refractivity contribution in [1.29, 1.82) is 0 Å². The van der Waals surface area contributed by atoms with Crippen molar-refractivity contribution in [2.24, 2.45) is 20.0 Å². The van der Waals surface area contributed by atoms with Crippen LogP contribution in [0.2, 0.25) is 0 Å². The zero-order valence-electron chi connectivity index (χ0n) is 10.7. The second-order valence-electron chi connectivity index (χ2n) is 4.57. The van der Waals surface area contributed by atoms with Crippen molar-refractivity contribution in [1.82, 2.24) is 19.7 Å². The fourth-order valence-corrected chi connectivity index (χ4v) is 2.04. The molecule has 0 radical (unpaired) electrons. The van der Waals surface area contributed by atoms with E-state index in [0.29, 0.717) is 12.5 Å². The summed E-state index contributed by atoms with van der Waals surface area (Å²) in [7, 11) is 2.91. The number of aromatic nitrogens is 3. The van der Waals surface area contributed by atoms with Crippen molar-refractivity contribution >= 4 is 0 Å². The Morgan fingerprint density at radius 3 is 2.89 bits per heavy atom. The first-order valence-corrected chi connectivity index (χ1v) is 6.07. The standard InChI is InChI=1S/C11H18N4O3/c1-14-10(16)9(13-15(2)11(14)17)18-6-4-8-3-5-12-7-8/h8,12H,3-7H2,1-2H3. The van der Waals surface area contributed by atoms with Gasteiger partial charge in [0, 0.05) is 14.1 Å². The van der Waals surface area contributed by atoms with Crippen LogP contribution in [0.25, 0.3) is 0 Å². The molecule has 0 saturated carbocycles. The molecule has 100 valence electrons. The van der Waals surface area contributed by atoms with E-state index in [2.05, 4.69) is 10.4 Å². The second-order valence-corrected chi connectivity index (χ2v) is 4.57. The van der Waals surface area contributed by atoms with Crippen LogP contribution in [-0.4, -0.2) is 34.0 Å². The Bertz CT molecular complexity index is 528. The Morgan fingerprint density at radius 2 is 2.22 bits per heavy atom. The lowest BCUT2D eigenvalue weighted by molar-refractivity contribution is 0.259. The molecule has 1 aliphatic rings. The van der Waals surface area contributed by atoms with E-state index in [1.165, 1.54) is 14.1 Å². The van der Waals surface area contributed by atoms with Crippen LogP contribution in [0, 0.1) is 5.92 Å². The van der Waals surface area contributed by atoms with Gasteiger partial charge in [0.25, 0.3) is 5.88 Å². The van der Waals surface area contributed by atoms with Crippen LogP contribution in [0.15, 0.2) is 9.59 Å². The van der Waals surface area contributed by atoms with Gasteiger partial charge in [-0.15, -0.1) is 5.10 Å². The summed E-state index contributed by atoms with van der Waals surface area (Å²) < 4.78 is 7.49. The molecule has 1 aromatic rings. The topological polar surface area (TPSA) is 78.2 Å². The third kappa shape index (κ3) is 2.61. The number of hydrogen-bond acceptors (Lipinski definition) is 5. The lowest BCUT2D eigenvalue weighted by atomic mass is 10.1. The summed E-state index contributed by atoms with van der Waals surface area (Å²) in [5.41, 5.74) is -0.935. The Labute approximate surface area is 104 Å². The van der Waals surface area contributed by atoms with Crippen LogP contribution < -0.4 is 21.3 Å². The largest absolute Gasteiger partial charge is 0.473 e. The molecule has 7 heteroatoms. The molecule has 0 aliphatic carbocycles. The van der Waals surface area contributed by atoms with Crippen LogP contribution in [0.5, 0.6) is 5.88 Å². The Balaban J connectivity index is 2.01. The molecule has 1 fully saturated rings. The smallest absolute Gasteiger partial charge is 0.347 e. The highest BCUT2D eigenvalue weighted by atomic mass is 16.5. The molecule has 1 unspecified atom stereocenters. The molecule has 0 amide bonds. The van der Waals surface area contributed by atoms with E-state index >= 15 is 0 Å². The summed E-state index contributed by atoms with van der Waals surface area (Å²) >= 11 is 0. The Morgan fingerprint density at radius 1 is 1.44 bits per heavy atom. The maximum absolute atomic E-state index is 11.7. The number of ether oxygens (including phenoxy) is 1. The predicted molar refractivity (Wildman–Crippen MR) is 65.8 cm³/mol. The zero-order chi connectivity index (χ0) is 13.1. The second kappa shape index (κ2) is 5.34. The number of aryl methyl sites for hydroxylation is 1. The summed E-state index contributed by atoms with van der Waals surface area (Å²) in [6.45, 7) is 2.50. The van der Waals surface area contributed by atoms with Gasteiger partial charge >= 0.3 is 11.2 Å². The van der Waals surface area contributed by atoms with Crippen LogP contribution >= 0.6 is 0 Å². The van der Waals surface area contributed by atoms with Gasteiger partial charge in [-0.05, 0) is 31.8 Å². The number of nitrogens with zero attached hydrogens (tertiary/aromatic N) is 3. The minimum Gasteiger partial charge on any atom is -0.473 e. The number of hydrogen-bond donors (Lipinski definition) is 1. The quantitative estimate of drug-likeness (QED) is 0.734. The highest BCUT2D eigenvalue weighted by Crippen LogP contribution is 2.11. The summed E-state index contributed by atoms with van der Waals surface area (Å²) in [4.78, 5) is 23.1. The third-order valence-corrected chi connectivity index (χ3v) is 3.22. The first-order chi connectivity index (χ1) is 8.59. The van der Waals surface area contributed by atoms with E-state index in [1.807, 2.05) is 0 Å². The zero-order valence-corrected chi connectivity index (χ0v) is 10.7. The monoisotopic (exact) mass is 254 g/mol. The summed E-state index contributed by atoms with van der Waals surface area (Å²) in [6.07, 6.45) is 2.03.